The molecule has 3 rings (SSSR count). The molecule has 0 fully saturated rings. The smallest absolute Gasteiger partial charge is 0.0630 e. The molecule has 1 aliphatic carbocycles. The normalized spacial score (nSPS) is 17.1. The van der Waals surface area contributed by atoms with Crippen molar-refractivity contribution < 1.29 is 0 Å². The molecule has 18 heavy (non-hydrogen) atoms. The van der Waals surface area contributed by atoms with Crippen LogP contribution in [0.15, 0.2) is 42.0 Å². The van der Waals surface area contributed by atoms with Crippen molar-refractivity contribution in [2.45, 2.75) is 32.2 Å². The van der Waals surface area contributed by atoms with Gasteiger partial charge in [-0.25, -0.2) is 0 Å². The minimum atomic E-state index is 0.440. The Kier molecular flexibility index (Phi) is 3.48. The summed E-state index contributed by atoms with van der Waals surface area (Å²) in [5.74, 6) is 0. The summed E-state index contributed by atoms with van der Waals surface area (Å²) in [5.41, 5.74) is 1.59. The Morgan fingerprint density at radius 3 is 2.94 bits per heavy atom. The summed E-state index contributed by atoms with van der Waals surface area (Å²) >= 11 is 1.93. The molecule has 94 valence electrons. The van der Waals surface area contributed by atoms with E-state index in [1.165, 1.54) is 34.2 Å². The standard InChI is InChI=1S/C16H19NS/c1-2-17-16(12-7-3-4-8-12)15-11-13-9-5-6-10-14(13)18-15/h5-7,9-11,16-17H,2-4,8H2,1H3. The third-order valence-corrected chi connectivity index (χ3v) is 4.77. The van der Waals surface area contributed by atoms with Gasteiger partial charge in [-0.15, -0.1) is 11.3 Å². The number of hydrogen-bond acceptors (Lipinski definition) is 2. The van der Waals surface area contributed by atoms with Crippen LogP contribution in [0.4, 0.5) is 0 Å². The average molecular weight is 257 g/mol. The molecule has 1 aromatic carbocycles. The van der Waals surface area contributed by atoms with Crippen LogP contribution in [0, 0.1) is 0 Å². The van der Waals surface area contributed by atoms with Crippen LogP contribution in [0.2, 0.25) is 0 Å². The Balaban J connectivity index is 1.98. The third-order valence-electron chi connectivity index (χ3n) is 3.58. The van der Waals surface area contributed by atoms with Gasteiger partial charge >= 0.3 is 0 Å². The molecule has 1 aromatic heterocycles. The fraction of sp³-hybridized carbons (Fsp3) is 0.375. The highest BCUT2D eigenvalue weighted by Crippen LogP contribution is 2.36. The van der Waals surface area contributed by atoms with E-state index in [4.69, 9.17) is 0 Å². The van der Waals surface area contributed by atoms with Crippen molar-refractivity contribution >= 4 is 21.4 Å². The topological polar surface area (TPSA) is 12.0 Å². The number of allylic oxidation sites excluding steroid dienone is 1. The molecular formula is C16H19NS. The number of likely N-dealkylation sites (N-methyl/N-ethyl adjacent to an activating group) is 1. The lowest BCUT2D eigenvalue weighted by Crippen LogP contribution is -2.21. The van der Waals surface area contributed by atoms with Gasteiger partial charge in [-0.1, -0.05) is 36.8 Å². The number of benzene rings is 1. The Bertz CT molecular complexity index is 534. The molecule has 1 heterocycles. The molecule has 0 amide bonds. The molecule has 1 nitrogen and oxygen atoms in total. The van der Waals surface area contributed by atoms with Crippen LogP contribution in [-0.4, -0.2) is 6.54 Å². The zero-order valence-electron chi connectivity index (χ0n) is 10.8. The van der Waals surface area contributed by atoms with Gasteiger partial charge in [0.1, 0.15) is 0 Å². The summed E-state index contributed by atoms with van der Waals surface area (Å²) in [5, 5.41) is 5.02. The van der Waals surface area contributed by atoms with Gasteiger partial charge in [0.05, 0.1) is 6.04 Å². The lowest BCUT2D eigenvalue weighted by Gasteiger charge is -2.17. The van der Waals surface area contributed by atoms with E-state index in [1.807, 2.05) is 11.3 Å². The van der Waals surface area contributed by atoms with Gasteiger partial charge in [-0.2, -0.15) is 0 Å². The maximum atomic E-state index is 3.64. The predicted octanol–water partition coefficient (Wildman–Crippen LogP) is 4.66. The van der Waals surface area contributed by atoms with Crippen LogP contribution in [0.5, 0.6) is 0 Å². The Hall–Kier alpha value is -1.12. The minimum absolute atomic E-state index is 0.440. The van der Waals surface area contributed by atoms with Crippen LogP contribution in [0.1, 0.15) is 37.1 Å². The van der Waals surface area contributed by atoms with E-state index in [9.17, 15) is 0 Å². The number of rotatable bonds is 4. The van der Waals surface area contributed by atoms with Gasteiger partial charge in [0.2, 0.25) is 0 Å². The summed E-state index contributed by atoms with van der Waals surface area (Å²) in [7, 11) is 0. The van der Waals surface area contributed by atoms with E-state index in [0.717, 1.165) is 6.54 Å². The molecule has 0 saturated carbocycles. The second-order valence-electron chi connectivity index (χ2n) is 4.85. The van der Waals surface area contributed by atoms with E-state index in [2.05, 4.69) is 48.6 Å². The van der Waals surface area contributed by atoms with Gasteiger partial charge in [0.25, 0.3) is 0 Å². The van der Waals surface area contributed by atoms with Crippen LogP contribution in [0.3, 0.4) is 0 Å². The number of nitrogens with one attached hydrogen (secondary N) is 1. The molecule has 0 bridgehead atoms. The second-order valence-corrected chi connectivity index (χ2v) is 5.96. The Morgan fingerprint density at radius 1 is 1.33 bits per heavy atom. The molecule has 1 unspecified atom stereocenters. The van der Waals surface area contributed by atoms with Crippen molar-refractivity contribution in [2.24, 2.45) is 0 Å². The van der Waals surface area contributed by atoms with E-state index >= 15 is 0 Å². The zero-order chi connectivity index (χ0) is 12.4. The van der Waals surface area contributed by atoms with Crippen LogP contribution >= 0.6 is 11.3 Å². The van der Waals surface area contributed by atoms with Crippen LogP contribution in [0.25, 0.3) is 10.1 Å². The number of fused-ring (bicyclic) bond motifs is 1. The maximum absolute atomic E-state index is 3.64. The van der Waals surface area contributed by atoms with Crippen molar-refractivity contribution in [3.8, 4) is 0 Å². The summed E-state index contributed by atoms with van der Waals surface area (Å²) in [4.78, 5) is 1.46. The molecule has 1 aliphatic rings. The molecule has 0 spiro atoms. The number of thiophene rings is 1. The maximum Gasteiger partial charge on any atom is 0.0630 e. The molecule has 2 aromatic rings. The first-order chi connectivity index (χ1) is 8.88. The summed E-state index contributed by atoms with van der Waals surface area (Å²) in [6.45, 7) is 3.21. The summed E-state index contributed by atoms with van der Waals surface area (Å²) in [6.07, 6.45) is 6.26. The summed E-state index contributed by atoms with van der Waals surface area (Å²) in [6, 6.07) is 11.5. The fourth-order valence-corrected chi connectivity index (χ4v) is 3.90. The lowest BCUT2D eigenvalue weighted by molar-refractivity contribution is 0.614. The van der Waals surface area contributed by atoms with E-state index in [1.54, 1.807) is 5.57 Å². The molecule has 0 radical (unpaired) electrons. The Morgan fingerprint density at radius 2 is 2.22 bits per heavy atom. The molecular weight excluding hydrogens is 238 g/mol. The molecule has 2 heteroatoms. The van der Waals surface area contributed by atoms with Gasteiger partial charge < -0.3 is 5.32 Å². The van der Waals surface area contributed by atoms with Crippen molar-refractivity contribution in [1.82, 2.24) is 5.32 Å². The van der Waals surface area contributed by atoms with E-state index in [0.29, 0.717) is 6.04 Å². The molecule has 0 aliphatic heterocycles. The SMILES string of the molecule is CCNC(C1=CCCC1)c1cc2ccccc2s1. The summed E-state index contributed by atoms with van der Waals surface area (Å²) < 4.78 is 1.40. The van der Waals surface area contributed by atoms with Crippen molar-refractivity contribution in [2.75, 3.05) is 6.54 Å². The van der Waals surface area contributed by atoms with Crippen LogP contribution < -0.4 is 5.32 Å². The van der Waals surface area contributed by atoms with Crippen LogP contribution in [-0.2, 0) is 0 Å². The van der Waals surface area contributed by atoms with Crippen molar-refractivity contribution in [3.05, 3.63) is 46.9 Å². The monoisotopic (exact) mass is 257 g/mol. The predicted molar refractivity (Wildman–Crippen MR) is 80.2 cm³/mol. The van der Waals surface area contributed by atoms with Gasteiger partial charge in [0, 0.05) is 9.58 Å². The average Bonchev–Trinajstić information content (AvgIpc) is 3.04. The highest BCUT2D eigenvalue weighted by molar-refractivity contribution is 7.19. The first-order valence-electron chi connectivity index (χ1n) is 6.79. The fourth-order valence-electron chi connectivity index (χ4n) is 2.72. The van der Waals surface area contributed by atoms with Gasteiger partial charge in [-0.05, 0) is 43.3 Å². The first-order valence-corrected chi connectivity index (χ1v) is 7.61. The number of hydrogen-bond donors (Lipinski definition) is 1. The second kappa shape index (κ2) is 5.25. The lowest BCUT2D eigenvalue weighted by atomic mass is 10.0. The largest absolute Gasteiger partial charge is 0.306 e. The first kappa shape index (κ1) is 11.9. The van der Waals surface area contributed by atoms with Crippen molar-refractivity contribution in [3.63, 3.8) is 0 Å². The molecule has 0 saturated heterocycles. The minimum Gasteiger partial charge on any atom is -0.306 e. The van der Waals surface area contributed by atoms with Gasteiger partial charge in [0.15, 0.2) is 0 Å². The highest BCUT2D eigenvalue weighted by atomic mass is 32.1. The van der Waals surface area contributed by atoms with Crippen molar-refractivity contribution in [1.29, 1.82) is 0 Å². The third kappa shape index (κ3) is 2.23. The molecule has 1 N–H and O–H groups in total. The zero-order valence-corrected chi connectivity index (χ0v) is 11.6. The highest BCUT2D eigenvalue weighted by Gasteiger charge is 2.19. The quantitative estimate of drug-likeness (QED) is 0.785. The Labute approximate surface area is 113 Å². The van der Waals surface area contributed by atoms with E-state index in [-0.39, 0.29) is 0 Å². The van der Waals surface area contributed by atoms with E-state index < -0.39 is 0 Å². The van der Waals surface area contributed by atoms with Gasteiger partial charge in [-0.3, -0.25) is 0 Å². The molecule has 1 atom stereocenters.